The van der Waals surface area contributed by atoms with Crippen LogP contribution in [0.2, 0.25) is 5.02 Å². The van der Waals surface area contributed by atoms with E-state index in [9.17, 15) is 9.59 Å². The number of amides is 1. The van der Waals surface area contributed by atoms with E-state index in [1.165, 1.54) is 11.3 Å². The fraction of sp³-hybridized carbons (Fsp3) is 0.280. The van der Waals surface area contributed by atoms with E-state index in [-0.39, 0.29) is 5.56 Å². The van der Waals surface area contributed by atoms with Crippen LogP contribution < -0.4 is 15.6 Å². The molecule has 34 heavy (non-hydrogen) atoms. The summed E-state index contributed by atoms with van der Waals surface area (Å²) in [5.74, 6) is 0.603. The zero-order valence-electron chi connectivity index (χ0n) is 19.1. The molecule has 2 aromatic carbocycles. The van der Waals surface area contributed by atoms with Crippen molar-refractivity contribution in [1.82, 2.24) is 10.3 Å². The van der Waals surface area contributed by atoms with E-state index >= 15 is 0 Å². The van der Waals surface area contributed by atoms with Gasteiger partial charge in [-0.2, -0.15) is 0 Å². The highest BCUT2D eigenvalue weighted by Gasteiger charge is 2.20. The molecule has 6 nitrogen and oxygen atoms in total. The molecular weight excluding hydrogens is 495 g/mol. The molecule has 4 aromatic rings. The van der Waals surface area contributed by atoms with Gasteiger partial charge in [0.25, 0.3) is 5.56 Å². The second-order valence-electron chi connectivity index (χ2n) is 8.82. The number of alkyl carbamates (subject to hydrolysis) is 1. The van der Waals surface area contributed by atoms with Crippen molar-refractivity contribution in [1.29, 1.82) is 0 Å². The standard InChI is InChI=1S/C25H24Cl2N2O4S/c1-25(2,3)33-24(31)28-18(27)11-13-5-7-14(8-6-13)19-17(32-4)12-16(26)21-20(19)15-9-10-34-22(15)23(30)29-21/h5-10,12,18H,11H2,1-4H3,(H,28,31)(H,29,30). The predicted molar refractivity (Wildman–Crippen MR) is 140 cm³/mol. The van der Waals surface area contributed by atoms with Gasteiger partial charge in [-0.05, 0) is 43.3 Å². The molecule has 178 valence electrons. The Morgan fingerprint density at radius 3 is 2.56 bits per heavy atom. The molecule has 0 aliphatic heterocycles. The van der Waals surface area contributed by atoms with Gasteiger partial charge in [-0.1, -0.05) is 47.5 Å². The van der Waals surface area contributed by atoms with Crippen molar-refractivity contribution in [3.8, 4) is 16.9 Å². The van der Waals surface area contributed by atoms with E-state index in [0.29, 0.717) is 27.4 Å². The third kappa shape index (κ3) is 5.02. The van der Waals surface area contributed by atoms with Crippen LogP contribution >= 0.6 is 34.5 Å². The van der Waals surface area contributed by atoms with Gasteiger partial charge in [0.1, 0.15) is 21.6 Å². The number of hydrogen-bond acceptors (Lipinski definition) is 5. The first-order valence-electron chi connectivity index (χ1n) is 10.6. The van der Waals surface area contributed by atoms with Crippen LogP contribution in [0.3, 0.4) is 0 Å². The summed E-state index contributed by atoms with van der Waals surface area (Å²) in [5.41, 5.74) is 1.85. The molecule has 2 N–H and O–H groups in total. The maximum atomic E-state index is 12.5. The minimum atomic E-state index is -0.623. The van der Waals surface area contributed by atoms with Crippen molar-refractivity contribution >= 4 is 61.6 Å². The third-order valence-corrected chi connectivity index (χ3v) is 6.65. The van der Waals surface area contributed by atoms with E-state index in [2.05, 4.69) is 10.3 Å². The fourth-order valence-corrected chi connectivity index (χ4v) is 5.12. The van der Waals surface area contributed by atoms with Crippen LogP contribution in [0.5, 0.6) is 5.75 Å². The molecule has 0 spiro atoms. The highest BCUT2D eigenvalue weighted by Crippen LogP contribution is 2.43. The Labute approximate surface area is 210 Å². The van der Waals surface area contributed by atoms with Gasteiger partial charge in [-0.3, -0.25) is 4.79 Å². The van der Waals surface area contributed by atoms with Crippen LogP contribution in [0.1, 0.15) is 26.3 Å². The molecular formula is C25H24Cl2N2O4S. The molecule has 0 aliphatic rings. The zero-order valence-corrected chi connectivity index (χ0v) is 21.5. The van der Waals surface area contributed by atoms with Crippen LogP contribution in [0.25, 0.3) is 32.1 Å². The Kier molecular flexibility index (Phi) is 6.80. The van der Waals surface area contributed by atoms with E-state index in [1.807, 2.05) is 35.7 Å². The lowest BCUT2D eigenvalue weighted by Gasteiger charge is -2.21. The number of carbonyl (C=O) groups is 1. The molecule has 9 heteroatoms. The highest BCUT2D eigenvalue weighted by molar-refractivity contribution is 7.17. The lowest BCUT2D eigenvalue weighted by Crippen LogP contribution is -2.37. The number of carbonyl (C=O) groups excluding carboxylic acids is 1. The van der Waals surface area contributed by atoms with Crippen molar-refractivity contribution in [2.75, 3.05) is 7.11 Å². The second kappa shape index (κ2) is 9.49. The van der Waals surface area contributed by atoms with Gasteiger partial charge < -0.3 is 19.8 Å². The molecule has 0 bridgehead atoms. The lowest BCUT2D eigenvalue weighted by atomic mass is 9.96. The number of halogens is 2. The summed E-state index contributed by atoms with van der Waals surface area (Å²) < 4.78 is 11.6. The predicted octanol–water partition coefficient (Wildman–Crippen LogP) is 6.70. The van der Waals surface area contributed by atoms with Crippen molar-refractivity contribution in [2.45, 2.75) is 38.3 Å². The topological polar surface area (TPSA) is 80.4 Å². The molecule has 1 unspecified atom stereocenters. The van der Waals surface area contributed by atoms with Gasteiger partial charge in [-0.25, -0.2) is 4.79 Å². The van der Waals surface area contributed by atoms with Crippen molar-refractivity contribution in [3.63, 3.8) is 0 Å². The molecule has 2 heterocycles. The van der Waals surface area contributed by atoms with Gasteiger partial charge in [0.15, 0.2) is 0 Å². The number of methoxy groups -OCH3 is 1. The molecule has 4 rings (SSSR count). The first-order valence-corrected chi connectivity index (χ1v) is 12.3. The number of benzene rings is 2. The average molecular weight is 519 g/mol. The van der Waals surface area contributed by atoms with Crippen LogP contribution in [0, 0.1) is 0 Å². The Morgan fingerprint density at radius 2 is 1.91 bits per heavy atom. The maximum Gasteiger partial charge on any atom is 0.408 e. The summed E-state index contributed by atoms with van der Waals surface area (Å²) in [6.45, 7) is 5.38. The summed E-state index contributed by atoms with van der Waals surface area (Å²) in [6, 6.07) is 11.4. The van der Waals surface area contributed by atoms with E-state index in [0.717, 1.165) is 27.5 Å². The Hall–Kier alpha value is -2.74. The Bertz CT molecular complexity index is 1420. The van der Waals surface area contributed by atoms with E-state index in [1.54, 1.807) is 33.9 Å². The molecule has 2 aromatic heterocycles. The summed E-state index contributed by atoms with van der Waals surface area (Å²) in [4.78, 5) is 27.4. The van der Waals surface area contributed by atoms with Crippen LogP contribution in [0.15, 0.2) is 46.6 Å². The van der Waals surface area contributed by atoms with Gasteiger partial charge in [-0.15, -0.1) is 11.3 Å². The summed E-state index contributed by atoms with van der Waals surface area (Å²) in [6.07, 6.45) is -0.142. The normalized spacial score (nSPS) is 12.6. The smallest absolute Gasteiger partial charge is 0.408 e. The molecule has 0 radical (unpaired) electrons. The average Bonchev–Trinajstić information content (AvgIpc) is 3.24. The minimum absolute atomic E-state index is 0.170. The van der Waals surface area contributed by atoms with Crippen molar-refractivity contribution in [2.24, 2.45) is 0 Å². The number of pyridine rings is 1. The summed E-state index contributed by atoms with van der Waals surface area (Å²) in [5, 5.41) is 6.59. The number of nitrogens with one attached hydrogen (secondary N) is 2. The fourth-order valence-electron chi connectivity index (χ4n) is 3.82. The molecule has 0 saturated carbocycles. The number of rotatable bonds is 5. The minimum Gasteiger partial charge on any atom is -0.496 e. The number of H-pyrrole nitrogens is 1. The molecule has 0 aliphatic carbocycles. The van der Waals surface area contributed by atoms with Crippen LogP contribution in [-0.4, -0.2) is 29.3 Å². The zero-order chi connectivity index (χ0) is 24.6. The number of aromatic nitrogens is 1. The first kappa shape index (κ1) is 24.4. The number of aromatic amines is 1. The number of thiophene rings is 1. The third-order valence-electron chi connectivity index (χ3n) is 5.17. The van der Waals surface area contributed by atoms with Gasteiger partial charge >= 0.3 is 6.09 Å². The highest BCUT2D eigenvalue weighted by atomic mass is 35.5. The second-order valence-corrected chi connectivity index (χ2v) is 10.7. The van der Waals surface area contributed by atoms with Crippen LogP contribution in [0.4, 0.5) is 4.79 Å². The quantitative estimate of drug-likeness (QED) is 0.227. The van der Waals surface area contributed by atoms with E-state index < -0.39 is 17.2 Å². The van der Waals surface area contributed by atoms with E-state index in [4.69, 9.17) is 32.7 Å². The lowest BCUT2D eigenvalue weighted by molar-refractivity contribution is 0.0521. The summed E-state index contributed by atoms with van der Waals surface area (Å²) >= 11 is 14.2. The molecule has 1 amide bonds. The maximum absolute atomic E-state index is 12.5. The first-order chi connectivity index (χ1) is 16.1. The van der Waals surface area contributed by atoms with Crippen molar-refractivity contribution in [3.05, 3.63) is 62.7 Å². The number of hydrogen-bond donors (Lipinski definition) is 2. The number of fused-ring (bicyclic) bond motifs is 3. The van der Waals surface area contributed by atoms with Crippen molar-refractivity contribution < 1.29 is 14.3 Å². The van der Waals surface area contributed by atoms with Gasteiger partial charge in [0, 0.05) is 28.8 Å². The number of ether oxygens (including phenoxy) is 2. The Morgan fingerprint density at radius 1 is 1.21 bits per heavy atom. The molecule has 0 saturated heterocycles. The van der Waals surface area contributed by atoms with Gasteiger partial charge in [0.05, 0.1) is 17.6 Å². The molecule has 0 fully saturated rings. The number of alkyl halides is 1. The van der Waals surface area contributed by atoms with Gasteiger partial charge in [0.2, 0.25) is 0 Å². The largest absolute Gasteiger partial charge is 0.496 e. The monoisotopic (exact) mass is 518 g/mol. The van der Waals surface area contributed by atoms with Crippen LogP contribution in [-0.2, 0) is 11.2 Å². The molecule has 1 atom stereocenters. The Balaban J connectivity index is 1.69. The SMILES string of the molecule is COc1cc(Cl)c2[nH]c(=O)c3sccc3c2c1-c1ccc(CC(Cl)NC(=O)OC(C)(C)C)cc1. The summed E-state index contributed by atoms with van der Waals surface area (Å²) in [7, 11) is 1.59.